The molecule has 1 aromatic rings. The molecule has 3 nitrogen and oxygen atoms in total. The largest absolute Gasteiger partial charge is 0.260 e. The number of fused-ring (bicyclic) bond motifs is 1. The molecule has 2 rings (SSSR count). The van der Waals surface area contributed by atoms with Crippen LogP contribution in [0, 0.1) is 4.91 Å². The van der Waals surface area contributed by atoms with Gasteiger partial charge in [0.2, 0.25) is 0 Å². The number of rotatable bonds is 1. The Morgan fingerprint density at radius 3 is 3.20 bits per heavy atom. The molecule has 0 fully saturated rings. The van der Waals surface area contributed by atoms with Gasteiger partial charge in [0.15, 0.2) is 0 Å². The quantitative estimate of drug-likeness (QED) is 0.693. The Morgan fingerprint density at radius 2 is 2.47 bits per heavy atom. The van der Waals surface area contributed by atoms with Crippen molar-refractivity contribution in [2.75, 3.05) is 13.0 Å². The van der Waals surface area contributed by atoms with Gasteiger partial charge in [0.05, 0.1) is 10.8 Å². The van der Waals surface area contributed by atoms with Crippen LogP contribution in [0.15, 0.2) is 23.5 Å². The predicted molar refractivity (Wildman–Crippen MR) is 60.9 cm³/mol. The first kappa shape index (κ1) is 6.48. The molecule has 1 aromatic carbocycles. The van der Waals surface area contributed by atoms with Gasteiger partial charge < -0.3 is 0 Å². The fraction of sp³-hybridized carbons (Fsp3) is 0.455. The van der Waals surface area contributed by atoms with Gasteiger partial charge in [0.25, 0.3) is 0 Å². The minimum absolute atomic E-state index is 0.116. The van der Waals surface area contributed by atoms with E-state index in [1.165, 1.54) is 0 Å². The number of hydrogen-bond donors (Lipinski definition) is 0. The van der Waals surface area contributed by atoms with E-state index in [1.54, 1.807) is 25.1 Å². The minimum atomic E-state index is -2.22. The molecule has 15 heavy (non-hydrogen) atoms. The number of aryl methyl sites for hydroxylation is 1. The minimum Gasteiger partial charge on any atom is -0.260 e. The van der Waals surface area contributed by atoms with E-state index in [9.17, 15) is 4.91 Å². The van der Waals surface area contributed by atoms with Crippen molar-refractivity contribution in [3.8, 4) is 0 Å². The third kappa shape index (κ3) is 2.12. The second kappa shape index (κ2) is 4.19. The highest BCUT2D eigenvalue weighted by Crippen LogP contribution is 2.27. The third-order valence-electron chi connectivity index (χ3n) is 2.39. The van der Waals surface area contributed by atoms with E-state index in [2.05, 4.69) is 5.29 Å². The van der Waals surface area contributed by atoms with Crippen LogP contribution in [-0.4, -0.2) is 18.0 Å². The Bertz CT molecular complexity index is 523. The van der Waals surface area contributed by atoms with Gasteiger partial charge in [0.1, 0.15) is 0 Å². The van der Waals surface area contributed by atoms with Crippen molar-refractivity contribution in [2.24, 2.45) is 5.29 Å². The van der Waals surface area contributed by atoms with E-state index in [4.69, 9.17) is 17.1 Å². The highest BCUT2D eigenvalue weighted by molar-refractivity contribution is 6.30. The summed E-state index contributed by atoms with van der Waals surface area (Å²) in [5, 5.41) is 3.40. The summed E-state index contributed by atoms with van der Waals surface area (Å²) in [5.41, 5.74) is 1.24. The lowest BCUT2D eigenvalue weighted by atomic mass is 9.95. The fourth-order valence-corrected chi connectivity index (χ4v) is 1.82. The molecule has 1 heterocycles. The second-order valence-corrected chi connectivity index (χ2v) is 3.86. The van der Waals surface area contributed by atoms with Crippen LogP contribution < -0.4 is 0 Å². The summed E-state index contributed by atoms with van der Waals surface area (Å²) < 4.78 is 31.8. The monoisotopic (exact) mass is 228 g/mol. The Morgan fingerprint density at radius 1 is 1.67 bits per heavy atom. The average Bonchev–Trinajstić information content (AvgIpc) is 2.34. The lowest BCUT2D eigenvalue weighted by molar-refractivity contribution is 0.282. The summed E-state index contributed by atoms with van der Waals surface area (Å²) in [5.74, 6) is -0.725. The number of nitrogens with zero attached hydrogens (tertiary/aromatic N) is 2. The van der Waals surface area contributed by atoms with Gasteiger partial charge in [-0.15, -0.1) is 4.91 Å². The number of hydrogen-bond acceptors (Lipinski definition) is 2. The van der Waals surface area contributed by atoms with Gasteiger partial charge in [-0.3, -0.25) is 5.01 Å². The Balaban J connectivity index is 2.65. The molecule has 0 radical (unpaired) electrons. The van der Waals surface area contributed by atoms with Crippen molar-refractivity contribution in [1.29, 1.82) is 0 Å². The van der Waals surface area contributed by atoms with Crippen LogP contribution in [0.5, 0.6) is 0 Å². The second-order valence-electron chi connectivity index (χ2n) is 3.42. The summed E-state index contributed by atoms with van der Waals surface area (Å²) in [7, 11) is 0. The SMILES string of the molecule is [2H]C1([2H])Cc2ccc(Cl)cc2[C@@H](C)C([2H])([2H])N1N=O. The van der Waals surface area contributed by atoms with E-state index in [0.717, 1.165) is 0 Å². The molecule has 0 unspecified atom stereocenters. The van der Waals surface area contributed by atoms with Gasteiger partial charge in [0, 0.05) is 23.9 Å². The van der Waals surface area contributed by atoms with E-state index < -0.39 is 18.9 Å². The highest BCUT2D eigenvalue weighted by atomic mass is 35.5. The lowest BCUT2D eigenvalue weighted by Crippen LogP contribution is -2.21. The molecule has 0 N–H and O–H groups in total. The first-order valence-corrected chi connectivity index (χ1v) is 5.00. The third-order valence-corrected chi connectivity index (χ3v) is 2.63. The maximum Gasteiger partial charge on any atom is 0.0524 e. The molecule has 0 saturated carbocycles. The standard InChI is InChI=1S/C11H13ClN2O/c1-8-7-14(13-15)5-4-9-2-3-10(12)6-11(8)9/h2-3,6,8H,4-5,7H2,1H3/t8-/m0/s1/i5D2,7D2. The van der Waals surface area contributed by atoms with E-state index in [-0.39, 0.29) is 6.42 Å². The lowest BCUT2D eigenvalue weighted by Gasteiger charge is -2.15. The van der Waals surface area contributed by atoms with Gasteiger partial charge in [-0.25, -0.2) is 0 Å². The molecule has 0 spiro atoms. The zero-order chi connectivity index (χ0) is 14.4. The molecule has 1 aliphatic heterocycles. The van der Waals surface area contributed by atoms with Crippen LogP contribution in [0.1, 0.15) is 29.5 Å². The molecule has 80 valence electrons. The summed E-state index contributed by atoms with van der Waals surface area (Å²) in [6.07, 6.45) is -0.116. The molecule has 0 amide bonds. The van der Waals surface area contributed by atoms with E-state index in [1.807, 2.05) is 0 Å². The van der Waals surface area contributed by atoms with E-state index in [0.29, 0.717) is 21.2 Å². The Kier molecular flexibility index (Phi) is 1.81. The van der Waals surface area contributed by atoms with Crippen molar-refractivity contribution in [3.05, 3.63) is 39.3 Å². The van der Waals surface area contributed by atoms with Crippen molar-refractivity contribution in [2.45, 2.75) is 19.3 Å². The highest BCUT2D eigenvalue weighted by Gasteiger charge is 2.19. The van der Waals surface area contributed by atoms with Crippen LogP contribution in [-0.2, 0) is 6.42 Å². The smallest absolute Gasteiger partial charge is 0.0524 e. The Hall–Kier alpha value is -1.09. The Labute approximate surface area is 99.6 Å². The first-order chi connectivity index (χ1) is 8.70. The average molecular weight is 229 g/mol. The topological polar surface area (TPSA) is 32.7 Å². The first-order valence-electron chi connectivity index (χ1n) is 6.62. The van der Waals surface area contributed by atoms with Crippen molar-refractivity contribution < 1.29 is 5.48 Å². The molecule has 0 bridgehead atoms. The fourth-order valence-electron chi connectivity index (χ4n) is 1.64. The molecular formula is C11H13ClN2O. The van der Waals surface area contributed by atoms with Gasteiger partial charge in [-0.2, -0.15) is 0 Å². The summed E-state index contributed by atoms with van der Waals surface area (Å²) >= 11 is 5.91. The normalized spacial score (nSPS) is 31.3. The van der Waals surface area contributed by atoms with Crippen molar-refractivity contribution >= 4 is 11.6 Å². The summed E-state index contributed by atoms with van der Waals surface area (Å²) in [6.45, 7) is -2.81. The molecular weight excluding hydrogens is 212 g/mol. The van der Waals surface area contributed by atoms with Gasteiger partial charge in [-0.05, 0) is 29.7 Å². The zero-order valence-corrected chi connectivity index (χ0v) is 8.95. The maximum absolute atomic E-state index is 10.9. The molecule has 0 aromatic heterocycles. The van der Waals surface area contributed by atoms with Crippen LogP contribution in [0.2, 0.25) is 5.02 Å². The van der Waals surface area contributed by atoms with Crippen molar-refractivity contribution in [3.63, 3.8) is 0 Å². The number of halogens is 1. The summed E-state index contributed by atoms with van der Waals surface area (Å²) in [4.78, 5) is 10.9. The van der Waals surface area contributed by atoms with Crippen molar-refractivity contribution in [1.82, 2.24) is 5.01 Å². The van der Waals surface area contributed by atoms with Crippen LogP contribution in [0.25, 0.3) is 0 Å². The zero-order valence-electron chi connectivity index (χ0n) is 12.2. The number of benzene rings is 1. The van der Waals surface area contributed by atoms with Crippen LogP contribution in [0.3, 0.4) is 0 Å². The van der Waals surface area contributed by atoms with E-state index >= 15 is 0 Å². The molecule has 1 aliphatic rings. The van der Waals surface area contributed by atoms with Crippen LogP contribution in [0.4, 0.5) is 0 Å². The molecule has 4 heteroatoms. The summed E-state index contributed by atoms with van der Waals surface area (Å²) in [6, 6.07) is 4.91. The van der Waals surface area contributed by atoms with Gasteiger partial charge >= 0.3 is 0 Å². The maximum atomic E-state index is 10.9. The van der Waals surface area contributed by atoms with Crippen LogP contribution >= 0.6 is 11.6 Å². The molecule has 1 atom stereocenters. The molecule has 0 saturated heterocycles. The molecule has 0 aliphatic carbocycles. The predicted octanol–water partition coefficient (Wildman–Crippen LogP) is 2.98. The number of nitroso groups, excluding NO2 is 1. The van der Waals surface area contributed by atoms with Gasteiger partial charge in [-0.1, -0.05) is 24.6 Å².